The molecule has 0 saturated heterocycles. The molecule has 1 rings (SSSR count). The molecule has 1 heterocycles. The van der Waals surface area contributed by atoms with E-state index < -0.39 is 9.84 Å². The van der Waals surface area contributed by atoms with Gasteiger partial charge in [-0.1, -0.05) is 0 Å². The standard InChI is InChI=1S/C7H10N2O2S.CH4O/c1-12(10,11)7-3-2-6(4-8)9-5-7;1-2/h2-3,5H,4,8H2,1H3;2H,1H3. The fourth-order valence-corrected chi connectivity index (χ4v) is 1.31. The molecule has 80 valence electrons. The molecule has 0 aliphatic heterocycles. The highest BCUT2D eigenvalue weighted by Gasteiger charge is 2.05. The Hall–Kier alpha value is -0.980. The maximum absolute atomic E-state index is 11.0. The monoisotopic (exact) mass is 218 g/mol. The van der Waals surface area contributed by atoms with E-state index in [0.717, 1.165) is 13.4 Å². The number of aliphatic hydroxyl groups is 1. The molecule has 0 aromatic carbocycles. The Morgan fingerprint density at radius 1 is 1.43 bits per heavy atom. The topological polar surface area (TPSA) is 93.3 Å². The van der Waals surface area contributed by atoms with Crippen LogP contribution in [0.3, 0.4) is 0 Å². The summed E-state index contributed by atoms with van der Waals surface area (Å²) in [6.07, 6.45) is 2.46. The number of hydrogen-bond acceptors (Lipinski definition) is 5. The van der Waals surface area contributed by atoms with Gasteiger partial charge in [0.2, 0.25) is 0 Å². The molecule has 5 nitrogen and oxygen atoms in total. The van der Waals surface area contributed by atoms with Crippen LogP contribution in [0.5, 0.6) is 0 Å². The van der Waals surface area contributed by atoms with Gasteiger partial charge < -0.3 is 10.8 Å². The van der Waals surface area contributed by atoms with Crippen LogP contribution in [-0.4, -0.2) is 31.9 Å². The predicted octanol–water partition coefficient (Wildman–Crippen LogP) is -0.448. The number of aliphatic hydroxyl groups excluding tert-OH is 1. The Balaban J connectivity index is 0.000000791. The average molecular weight is 218 g/mol. The summed E-state index contributed by atoms with van der Waals surface area (Å²) in [4.78, 5) is 4.08. The lowest BCUT2D eigenvalue weighted by Gasteiger charge is -1.98. The van der Waals surface area contributed by atoms with Crippen LogP contribution in [0.25, 0.3) is 0 Å². The molecule has 0 spiro atoms. The number of aromatic nitrogens is 1. The van der Waals surface area contributed by atoms with Crippen molar-refractivity contribution < 1.29 is 13.5 Å². The molecule has 14 heavy (non-hydrogen) atoms. The highest BCUT2D eigenvalue weighted by Crippen LogP contribution is 2.06. The minimum Gasteiger partial charge on any atom is -0.400 e. The quantitative estimate of drug-likeness (QED) is 0.701. The van der Waals surface area contributed by atoms with Crippen molar-refractivity contribution in [1.29, 1.82) is 0 Å². The first-order chi connectivity index (χ1) is 6.54. The Bertz CT molecular complexity index is 359. The highest BCUT2D eigenvalue weighted by molar-refractivity contribution is 7.90. The van der Waals surface area contributed by atoms with Gasteiger partial charge in [0.15, 0.2) is 9.84 Å². The van der Waals surface area contributed by atoms with Gasteiger partial charge in [0.05, 0.1) is 10.6 Å². The fourth-order valence-electron chi connectivity index (χ4n) is 0.751. The summed E-state index contributed by atoms with van der Waals surface area (Å²) in [5, 5.41) is 7.00. The molecule has 0 saturated carbocycles. The van der Waals surface area contributed by atoms with Crippen molar-refractivity contribution in [2.45, 2.75) is 11.4 Å². The molecule has 0 bridgehead atoms. The second kappa shape index (κ2) is 5.69. The predicted molar refractivity (Wildman–Crippen MR) is 53.4 cm³/mol. The third-order valence-corrected chi connectivity index (χ3v) is 2.53. The van der Waals surface area contributed by atoms with Crippen LogP contribution in [0.15, 0.2) is 23.2 Å². The molecule has 0 unspecified atom stereocenters. The first kappa shape index (κ1) is 13.0. The molecular formula is C8H14N2O3S. The lowest BCUT2D eigenvalue weighted by Crippen LogP contribution is -2.02. The van der Waals surface area contributed by atoms with Gasteiger partial charge in [0.25, 0.3) is 0 Å². The van der Waals surface area contributed by atoms with Crippen molar-refractivity contribution in [3.8, 4) is 0 Å². The van der Waals surface area contributed by atoms with Crippen molar-refractivity contribution in [2.75, 3.05) is 13.4 Å². The first-order valence-electron chi connectivity index (χ1n) is 3.84. The molecule has 0 aliphatic rings. The lowest BCUT2D eigenvalue weighted by molar-refractivity contribution is 0.399. The third-order valence-electron chi connectivity index (χ3n) is 1.43. The van der Waals surface area contributed by atoms with Gasteiger partial charge in [0.1, 0.15) is 0 Å². The second-order valence-electron chi connectivity index (χ2n) is 2.46. The van der Waals surface area contributed by atoms with Gasteiger partial charge in [-0.15, -0.1) is 0 Å². The van der Waals surface area contributed by atoms with Gasteiger partial charge in [0, 0.05) is 26.1 Å². The number of nitrogens with zero attached hydrogens (tertiary/aromatic N) is 1. The third kappa shape index (κ3) is 3.82. The zero-order chi connectivity index (χ0) is 11.2. The van der Waals surface area contributed by atoms with E-state index in [4.69, 9.17) is 10.8 Å². The maximum Gasteiger partial charge on any atom is 0.177 e. The van der Waals surface area contributed by atoms with Crippen LogP contribution >= 0.6 is 0 Å². The summed E-state index contributed by atoms with van der Waals surface area (Å²) in [7, 11) is -2.13. The van der Waals surface area contributed by atoms with Gasteiger partial charge >= 0.3 is 0 Å². The van der Waals surface area contributed by atoms with E-state index >= 15 is 0 Å². The number of rotatable bonds is 2. The molecule has 0 aliphatic carbocycles. The molecule has 0 fully saturated rings. The van der Waals surface area contributed by atoms with Gasteiger partial charge in [-0.05, 0) is 12.1 Å². The van der Waals surface area contributed by atoms with Crippen molar-refractivity contribution in [3.05, 3.63) is 24.0 Å². The molecule has 0 amide bonds. The average Bonchev–Trinajstić information content (AvgIpc) is 2.20. The highest BCUT2D eigenvalue weighted by atomic mass is 32.2. The van der Waals surface area contributed by atoms with Crippen LogP contribution in [0.2, 0.25) is 0 Å². The zero-order valence-corrected chi connectivity index (χ0v) is 8.95. The number of nitrogens with two attached hydrogens (primary N) is 1. The van der Waals surface area contributed by atoms with Crippen LogP contribution in [0, 0.1) is 0 Å². The minimum atomic E-state index is -3.13. The van der Waals surface area contributed by atoms with E-state index in [-0.39, 0.29) is 4.90 Å². The fraction of sp³-hybridized carbons (Fsp3) is 0.375. The van der Waals surface area contributed by atoms with Crippen LogP contribution in [0.1, 0.15) is 5.69 Å². The Morgan fingerprint density at radius 3 is 2.29 bits per heavy atom. The number of hydrogen-bond donors (Lipinski definition) is 2. The zero-order valence-electron chi connectivity index (χ0n) is 8.14. The Kier molecular flexibility index (Phi) is 5.29. The maximum atomic E-state index is 11.0. The minimum absolute atomic E-state index is 0.222. The van der Waals surface area contributed by atoms with Crippen molar-refractivity contribution in [2.24, 2.45) is 5.73 Å². The Labute approximate surface area is 83.5 Å². The van der Waals surface area contributed by atoms with Crippen LogP contribution < -0.4 is 5.73 Å². The Morgan fingerprint density at radius 2 is 2.00 bits per heavy atom. The summed E-state index contributed by atoms with van der Waals surface area (Å²) >= 11 is 0. The van der Waals surface area contributed by atoms with Gasteiger partial charge in [-0.3, -0.25) is 4.98 Å². The van der Waals surface area contributed by atoms with Gasteiger partial charge in [-0.2, -0.15) is 0 Å². The summed E-state index contributed by atoms with van der Waals surface area (Å²) in [6, 6.07) is 3.11. The first-order valence-corrected chi connectivity index (χ1v) is 5.73. The van der Waals surface area contributed by atoms with E-state index in [1.54, 1.807) is 6.07 Å². The van der Waals surface area contributed by atoms with Crippen LogP contribution in [-0.2, 0) is 16.4 Å². The molecule has 1 aromatic rings. The molecule has 6 heteroatoms. The van der Waals surface area contributed by atoms with Crippen molar-refractivity contribution in [3.63, 3.8) is 0 Å². The summed E-state index contributed by atoms with van der Waals surface area (Å²) in [5.41, 5.74) is 5.98. The molecule has 3 N–H and O–H groups in total. The molecule has 0 atom stereocenters. The SMILES string of the molecule is CO.CS(=O)(=O)c1ccc(CN)nc1. The summed E-state index contributed by atoms with van der Waals surface area (Å²) in [5.74, 6) is 0. The summed E-state index contributed by atoms with van der Waals surface area (Å²) in [6.45, 7) is 0.323. The van der Waals surface area contributed by atoms with E-state index in [9.17, 15) is 8.42 Å². The van der Waals surface area contributed by atoms with E-state index in [2.05, 4.69) is 4.98 Å². The molecule has 0 radical (unpaired) electrons. The summed E-state index contributed by atoms with van der Waals surface area (Å²) < 4.78 is 21.9. The van der Waals surface area contributed by atoms with Crippen molar-refractivity contribution >= 4 is 9.84 Å². The normalized spacial score (nSPS) is 10.3. The number of pyridine rings is 1. The molecule has 1 aromatic heterocycles. The number of sulfone groups is 1. The van der Waals surface area contributed by atoms with E-state index in [1.165, 1.54) is 12.3 Å². The second-order valence-corrected chi connectivity index (χ2v) is 4.48. The van der Waals surface area contributed by atoms with E-state index in [1.807, 2.05) is 0 Å². The van der Waals surface area contributed by atoms with Gasteiger partial charge in [-0.25, -0.2) is 8.42 Å². The van der Waals surface area contributed by atoms with Crippen LogP contribution in [0.4, 0.5) is 0 Å². The lowest BCUT2D eigenvalue weighted by atomic mass is 10.4. The van der Waals surface area contributed by atoms with E-state index in [0.29, 0.717) is 12.2 Å². The largest absolute Gasteiger partial charge is 0.400 e. The van der Waals surface area contributed by atoms with Crippen molar-refractivity contribution in [1.82, 2.24) is 4.98 Å². The smallest absolute Gasteiger partial charge is 0.177 e. The molecular weight excluding hydrogens is 204 g/mol.